The van der Waals surface area contributed by atoms with Crippen molar-refractivity contribution in [2.75, 3.05) is 46.1 Å². The third-order valence-electron chi connectivity index (χ3n) is 4.98. The van der Waals surface area contributed by atoms with Gasteiger partial charge >= 0.3 is 10.4 Å². The summed E-state index contributed by atoms with van der Waals surface area (Å²) in [4.78, 5) is 1.79. The summed E-state index contributed by atoms with van der Waals surface area (Å²) in [5, 5.41) is 25.5. The maximum Gasteiger partial charge on any atom is 0.397 e. The molecule has 0 saturated carbocycles. The van der Waals surface area contributed by atoms with E-state index in [4.69, 9.17) is 19.9 Å². The zero-order chi connectivity index (χ0) is 23.6. The number of nitrogens with zero attached hydrogens (tertiary/aromatic N) is 1. The molecule has 0 rings (SSSR count). The van der Waals surface area contributed by atoms with E-state index >= 15 is 0 Å². The average molecular weight is 472 g/mol. The molecule has 190 valence electrons. The van der Waals surface area contributed by atoms with Crippen molar-refractivity contribution < 1.29 is 32.5 Å². The second-order valence-corrected chi connectivity index (χ2v) is 8.95. The summed E-state index contributed by atoms with van der Waals surface area (Å²) in [7, 11) is -4.24. The minimum absolute atomic E-state index is 0.0694. The molecule has 0 aliphatic carbocycles. The Balaban J connectivity index is 0. The Labute approximate surface area is 191 Å². The fourth-order valence-electron chi connectivity index (χ4n) is 3.22. The fourth-order valence-corrected chi connectivity index (χ4v) is 3.55. The molecule has 0 bridgehead atoms. The van der Waals surface area contributed by atoms with E-state index in [1.54, 1.807) is 4.90 Å². The van der Waals surface area contributed by atoms with Crippen LogP contribution < -0.4 is 0 Å². The molecule has 0 aliphatic heterocycles. The lowest BCUT2D eigenvalue weighted by Crippen LogP contribution is -2.32. The van der Waals surface area contributed by atoms with Crippen molar-refractivity contribution in [1.29, 1.82) is 0 Å². The molecular weight excluding hydrogens is 422 g/mol. The monoisotopic (exact) mass is 471 g/mol. The van der Waals surface area contributed by atoms with Crippen LogP contribution in [0.1, 0.15) is 96.8 Å². The maximum atomic E-state index is 10.3. The van der Waals surface area contributed by atoms with Gasteiger partial charge in [-0.3, -0.25) is 9.45 Å². The topological polar surface area (TPSA) is 128 Å². The molecule has 0 amide bonds. The van der Waals surface area contributed by atoms with Gasteiger partial charge < -0.3 is 15.3 Å². The molecule has 0 atom stereocenters. The van der Waals surface area contributed by atoms with E-state index in [0.29, 0.717) is 26.1 Å². The number of aliphatic hydroxyl groups excluding tert-OH is 3. The molecular formula is C22H49NO7S. The first-order valence-electron chi connectivity index (χ1n) is 12.1. The van der Waals surface area contributed by atoms with Crippen LogP contribution in [-0.4, -0.2) is 79.3 Å². The summed E-state index contributed by atoms with van der Waals surface area (Å²) in [6.45, 7) is 4.10. The Kier molecular flexibility index (Phi) is 27.5. The van der Waals surface area contributed by atoms with Crippen LogP contribution in [0, 0.1) is 0 Å². The van der Waals surface area contributed by atoms with Gasteiger partial charge in [-0.1, -0.05) is 90.4 Å². The molecule has 0 aromatic rings. The zero-order valence-corrected chi connectivity index (χ0v) is 20.5. The van der Waals surface area contributed by atoms with Crippen molar-refractivity contribution in [3.05, 3.63) is 0 Å². The van der Waals surface area contributed by atoms with Gasteiger partial charge in [-0.25, -0.2) is 4.18 Å². The lowest BCUT2D eigenvalue weighted by molar-refractivity contribution is 0.136. The Morgan fingerprint density at radius 1 is 0.613 bits per heavy atom. The Morgan fingerprint density at radius 3 is 1.23 bits per heavy atom. The smallest absolute Gasteiger partial charge is 0.395 e. The molecule has 0 aromatic heterocycles. The molecule has 0 aliphatic rings. The van der Waals surface area contributed by atoms with Crippen LogP contribution in [0.2, 0.25) is 0 Å². The highest BCUT2D eigenvalue weighted by Gasteiger charge is 2.02. The largest absolute Gasteiger partial charge is 0.397 e. The van der Waals surface area contributed by atoms with E-state index in [9.17, 15) is 8.42 Å². The molecule has 9 heteroatoms. The van der Waals surface area contributed by atoms with Crippen LogP contribution >= 0.6 is 0 Å². The molecule has 4 N–H and O–H groups in total. The zero-order valence-electron chi connectivity index (χ0n) is 19.7. The standard InChI is InChI=1S/C16H34O4S.C6H15NO3/c1-2-3-4-5-6-7-8-9-10-11-12-13-14-15-16-20-21(17,18)19;8-4-1-7(2-5-9)3-6-10/h2-16H2,1H3,(H,17,18,19);8-10H,1-6H2. The average Bonchev–Trinajstić information content (AvgIpc) is 2.71. The molecule has 0 radical (unpaired) electrons. The van der Waals surface area contributed by atoms with E-state index < -0.39 is 10.4 Å². The van der Waals surface area contributed by atoms with Crippen molar-refractivity contribution in [2.45, 2.75) is 96.8 Å². The van der Waals surface area contributed by atoms with Crippen molar-refractivity contribution in [2.24, 2.45) is 0 Å². The first-order valence-corrected chi connectivity index (χ1v) is 13.4. The van der Waals surface area contributed by atoms with E-state index in [2.05, 4.69) is 11.1 Å². The van der Waals surface area contributed by atoms with Crippen molar-refractivity contribution in [3.63, 3.8) is 0 Å². The van der Waals surface area contributed by atoms with Crippen LogP contribution in [-0.2, 0) is 14.6 Å². The predicted molar refractivity (Wildman–Crippen MR) is 126 cm³/mol. The minimum Gasteiger partial charge on any atom is -0.395 e. The summed E-state index contributed by atoms with van der Waals surface area (Å²) >= 11 is 0. The maximum absolute atomic E-state index is 10.3. The fraction of sp³-hybridized carbons (Fsp3) is 1.00. The molecule has 0 unspecified atom stereocenters. The Bertz CT molecular complexity index is 421. The number of hydrogen-bond donors (Lipinski definition) is 4. The van der Waals surface area contributed by atoms with Gasteiger partial charge in [0.05, 0.1) is 26.4 Å². The Hall–Kier alpha value is -0.290. The van der Waals surface area contributed by atoms with Gasteiger partial charge in [-0.05, 0) is 6.42 Å². The van der Waals surface area contributed by atoms with E-state index in [0.717, 1.165) is 12.8 Å². The van der Waals surface area contributed by atoms with Gasteiger partial charge in [-0.15, -0.1) is 0 Å². The number of aliphatic hydroxyl groups is 3. The van der Waals surface area contributed by atoms with Crippen LogP contribution in [0.25, 0.3) is 0 Å². The van der Waals surface area contributed by atoms with Crippen molar-refractivity contribution >= 4 is 10.4 Å². The van der Waals surface area contributed by atoms with Gasteiger partial charge in [0.2, 0.25) is 0 Å². The summed E-state index contributed by atoms with van der Waals surface area (Å²) in [6, 6.07) is 0. The van der Waals surface area contributed by atoms with Crippen LogP contribution in [0.5, 0.6) is 0 Å². The highest BCUT2D eigenvalue weighted by Crippen LogP contribution is 2.13. The highest BCUT2D eigenvalue weighted by atomic mass is 32.3. The molecule has 0 heterocycles. The number of hydrogen-bond acceptors (Lipinski definition) is 7. The van der Waals surface area contributed by atoms with Crippen LogP contribution in [0.3, 0.4) is 0 Å². The molecule has 0 aromatic carbocycles. The number of unbranched alkanes of at least 4 members (excludes halogenated alkanes) is 13. The summed E-state index contributed by atoms with van der Waals surface area (Å²) in [5.41, 5.74) is 0. The van der Waals surface area contributed by atoms with Gasteiger partial charge in [0.15, 0.2) is 0 Å². The number of rotatable bonds is 22. The Morgan fingerprint density at radius 2 is 0.935 bits per heavy atom. The SMILES string of the molecule is CCCCCCCCCCCCCCCCOS(=O)(=O)O.OCCN(CCO)CCO. The quantitative estimate of drug-likeness (QED) is 0.139. The highest BCUT2D eigenvalue weighted by molar-refractivity contribution is 7.80. The molecule has 0 fully saturated rings. The predicted octanol–water partition coefficient (Wildman–Crippen LogP) is 3.55. The second kappa shape index (κ2) is 26.0. The molecule has 8 nitrogen and oxygen atoms in total. The van der Waals surface area contributed by atoms with Gasteiger partial charge in [0.25, 0.3) is 0 Å². The van der Waals surface area contributed by atoms with Crippen LogP contribution in [0.15, 0.2) is 0 Å². The minimum atomic E-state index is -4.24. The third kappa shape index (κ3) is 32.0. The molecule has 0 spiro atoms. The van der Waals surface area contributed by atoms with Crippen molar-refractivity contribution in [3.8, 4) is 0 Å². The van der Waals surface area contributed by atoms with Crippen molar-refractivity contribution in [1.82, 2.24) is 4.90 Å². The van der Waals surface area contributed by atoms with Crippen LogP contribution in [0.4, 0.5) is 0 Å². The summed E-state index contributed by atoms with van der Waals surface area (Å²) in [5.74, 6) is 0. The van der Waals surface area contributed by atoms with E-state index in [1.807, 2.05) is 0 Å². The van der Waals surface area contributed by atoms with Gasteiger partial charge in [0, 0.05) is 19.6 Å². The normalized spacial score (nSPS) is 11.5. The van der Waals surface area contributed by atoms with Gasteiger partial charge in [-0.2, -0.15) is 8.42 Å². The second-order valence-electron chi connectivity index (χ2n) is 7.86. The van der Waals surface area contributed by atoms with Gasteiger partial charge in [0.1, 0.15) is 0 Å². The lowest BCUT2D eigenvalue weighted by Gasteiger charge is -2.17. The summed E-state index contributed by atoms with van der Waals surface area (Å²) in [6.07, 6.45) is 17.6. The van der Waals surface area contributed by atoms with E-state index in [1.165, 1.54) is 70.6 Å². The summed E-state index contributed by atoms with van der Waals surface area (Å²) < 4.78 is 33.2. The lowest BCUT2D eigenvalue weighted by atomic mass is 10.0. The third-order valence-corrected chi connectivity index (χ3v) is 5.44. The first-order chi connectivity index (χ1) is 14.9. The molecule has 0 saturated heterocycles. The first kappa shape index (κ1) is 32.9. The molecule has 31 heavy (non-hydrogen) atoms. The van der Waals surface area contributed by atoms with E-state index in [-0.39, 0.29) is 26.4 Å².